The minimum atomic E-state index is -0.448. The van der Waals surface area contributed by atoms with Crippen LogP contribution in [0.2, 0.25) is 0 Å². The third kappa shape index (κ3) is 2.96. The summed E-state index contributed by atoms with van der Waals surface area (Å²) in [6.45, 7) is 10.4. The number of aliphatic hydroxyl groups is 1. The zero-order valence-corrected chi connectivity index (χ0v) is 10.4. The molecule has 0 fully saturated rings. The molecule has 1 nitrogen and oxygen atoms in total. The molecule has 1 N–H and O–H groups in total. The van der Waals surface area contributed by atoms with E-state index in [1.165, 1.54) is 0 Å². The van der Waals surface area contributed by atoms with E-state index in [1.807, 2.05) is 36.4 Å². The van der Waals surface area contributed by atoms with E-state index in [0.29, 0.717) is 11.8 Å². The number of aliphatic hydroxyl groups excluding tert-OH is 1. The Labute approximate surface area is 98.8 Å². The monoisotopic (exact) mass is 218 g/mol. The van der Waals surface area contributed by atoms with Gasteiger partial charge in [0.2, 0.25) is 0 Å². The molecule has 16 heavy (non-hydrogen) atoms. The molecule has 0 spiro atoms. The highest BCUT2D eigenvalue weighted by atomic mass is 16.3. The van der Waals surface area contributed by atoms with Crippen LogP contribution in [0.25, 0.3) is 0 Å². The summed E-state index contributed by atoms with van der Waals surface area (Å²) in [5.41, 5.74) is 0.972. The van der Waals surface area contributed by atoms with Gasteiger partial charge in [-0.25, -0.2) is 0 Å². The molecule has 1 heteroatoms. The van der Waals surface area contributed by atoms with Crippen LogP contribution in [0.1, 0.15) is 32.4 Å². The van der Waals surface area contributed by atoms with Gasteiger partial charge in [0, 0.05) is 5.92 Å². The van der Waals surface area contributed by atoms with Gasteiger partial charge >= 0.3 is 0 Å². The first kappa shape index (κ1) is 13.0. The smallest absolute Gasteiger partial charge is 0.0855 e. The lowest BCUT2D eigenvalue weighted by Crippen LogP contribution is -2.22. The van der Waals surface area contributed by atoms with Gasteiger partial charge in [-0.3, -0.25) is 0 Å². The topological polar surface area (TPSA) is 20.2 Å². The highest BCUT2D eigenvalue weighted by Crippen LogP contribution is 2.32. The molecule has 1 unspecified atom stereocenters. The van der Waals surface area contributed by atoms with Crippen molar-refractivity contribution < 1.29 is 5.11 Å². The molecular weight excluding hydrogens is 196 g/mol. The Morgan fingerprint density at radius 3 is 2.12 bits per heavy atom. The van der Waals surface area contributed by atoms with Crippen LogP contribution in [0.3, 0.4) is 0 Å². The minimum absolute atomic E-state index is 0.113. The van der Waals surface area contributed by atoms with E-state index in [2.05, 4.69) is 27.4 Å². The number of hydrogen-bond acceptors (Lipinski definition) is 1. The molecular formula is C15H22O. The maximum Gasteiger partial charge on any atom is 0.0855 e. The molecule has 0 aromatic heterocycles. The molecule has 0 heterocycles. The first-order chi connectivity index (χ1) is 7.57. The molecule has 1 aromatic rings. The normalized spacial score (nSPS) is 16.8. The van der Waals surface area contributed by atoms with E-state index < -0.39 is 6.10 Å². The molecule has 1 rings (SSSR count). The number of benzene rings is 1. The Hall–Kier alpha value is -1.08. The van der Waals surface area contributed by atoms with Crippen molar-refractivity contribution in [2.45, 2.75) is 26.9 Å². The molecule has 0 amide bonds. The maximum absolute atomic E-state index is 10.3. The van der Waals surface area contributed by atoms with Crippen molar-refractivity contribution in [3.8, 4) is 0 Å². The molecule has 1 aromatic carbocycles. The van der Waals surface area contributed by atoms with E-state index in [-0.39, 0.29) is 5.92 Å². The second-order valence-corrected chi connectivity index (χ2v) is 4.77. The largest absolute Gasteiger partial charge is 0.388 e. The van der Waals surface area contributed by atoms with Gasteiger partial charge in [0.05, 0.1) is 6.10 Å². The fourth-order valence-corrected chi connectivity index (χ4v) is 1.95. The van der Waals surface area contributed by atoms with Gasteiger partial charge in [0.1, 0.15) is 0 Å². The van der Waals surface area contributed by atoms with Crippen molar-refractivity contribution in [2.75, 3.05) is 0 Å². The summed E-state index contributed by atoms with van der Waals surface area (Å²) in [7, 11) is 0. The van der Waals surface area contributed by atoms with Gasteiger partial charge in [-0.15, -0.1) is 6.58 Å². The highest BCUT2D eigenvalue weighted by Gasteiger charge is 2.25. The Morgan fingerprint density at radius 1 is 1.12 bits per heavy atom. The van der Waals surface area contributed by atoms with Crippen LogP contribution in [0.5, 0.6) is 0 Å². The molecule has 0 aliphatic rings. The Balaban J connectivity index is 2.85. The fraction of sp³-hybridized carbons (Fsp3) is 0.467. The lowest BCUT2D eigenvalue weighted by atomic mass is 9.79. The molecule has 0 saturated carbocycles. The Kier molecular flexibility index (Phi) is 4.75. The zero-order valence-electron chi connectivity index (χ0n) is 10.4. The van der Waals surface area contributed by atoms with Gasteiger partial charge in [0.15, 0.2) is 0 Å². The van der Waals surface area contributed by atoms with E-state index in [1.54, 1.807) is 0 Å². The summed E-state index contributed by atoms with van der Waals surface area (Å²) in [6.07, 6.45) is 1.43. The second kappa shape index (κ2) is 5.86. The van der Waals surface area contributed by atoms with Crippen LogP contribution in [0.4, 0.5) is 0 Å². The van der Waals surface area contributed by atoms with Crippen LogP contribution in [-0.2, 0) is 0 Å². The summed E-state index contributed by atoms with van der Waals surface area (Å²) in [5, 5.41) is 10.3. The van der Waals surface area contributed by atoms with Gasteiger partial charge in [-0.05, 0) is 17.4 Å². The lowest BCUT2D eigenvalue weighted by molar-refractivity contribution is 0.0893. The lowest BCUT2D eigenvalue weighted by Gasteiger charge is -2.28. The summed E-state index contributed by atoms with van der Waals surface area (Å²) < 4.78 is 0. The van der Waals surface area contributed by atoms with Crippen molar-refractivity contribution in [3.63, 3.8) is 0 Å². The van der Waals surface area contributed by atoms with Gasteiger partial charge < -0.3 is 5.11 Å². The zero-order chi connectivity index (χ0) is 12.1. The van der Waals surface area contributed by atoms with Crippen molar-refractivity contribution in [3.05, 3.63) is 48.6 Å². The predicted molar refractivity (Wildman–Crippen MR) is 69.1 cm³/mol. The molecule has 0 bridgehead atoms. The van der Waals surface area contributed by atoms with E-state index in [9.17, 15) is 5.11 Å². The summed E-state index contributed by atoms with van der Waals surface area (Å²) in [6, 6.07) is 9.81. The predicted octanol–water partition coefficient (Wildman–Crippen LogP) is 3.81. The highest BCUT2D eigenvalue weighted by molar-refractivity contribution is 5.19. The van der Waals surface area contributed by atoms with Gasteiger partial charge in [-0.1, -0.05) is 57.2 Å². The van der Waals surface area contributed by atoms with E-state index in [4.69, 9.17) is 0 Å². The van der Waals surface area contributed by atoms with Crippen molar-refractivity contribution >= 4 is 0 Å². The van der Waals surface area contributed by atoms with Crippen LogP contribution in [0.15, 0.2) is 43.0 Å². The molecule has 0 aliphatic heterocycles. The van der Waals surface area contributed by atoms with E-state index >= 15 is 0 Å². The van der Waals surface area contributed by atoms with Crippen LogP contribution < -0.4 is 0 Å². The average molecular weight is 218 g/mol. The molecule has 88 valence electrons. The third-order valence-electron chi connectivity index (χ3n) is 3.44. The third-order valence-corrected chi connectivity index (χ3v) is 3.44. The molecule has 0 saturated heterocycles. The van der Waals surface area contributed by atoms with Crippen LogP contribution in [-0.4, -0.2) is 5.11 Å². The van der Waals surface area contributed by atoms with Crippen molar-refractivity contribution in [1.82, 2.24) is 0 Å². The molecule has 0 radical (unpaired) electrons. The first-order valence-corrected chi connectivity index (χ1v) is 5.93. The van der Waals surface area contributed by atoms with Gasteiger partial charge in [0.25, 0.3) is 0 Å². The second-order valence-electron chi connectivity index (χ2n) is 4.77. The average Bonchev–Trinajstić information content (AvgIpc) is 2.30. The van der Waals surface area contributed by atoms with Crippen LogP contribution in [0, 0.1) is 17.8 Å². The molecule has 0 aliphatic carbocycles. The first-order valence-electron chi connectivity index (χ1n) is 5.93. The Bertz CT molecular complexity index is 315. The summed E-state index contributed by atoms with van der Waals surface area (Å²) in [4.78, 5) is 0. The van der Waals surface area contributed by atoms with Crippen molar-refractivity contribution in [1.29, 1.82) is 0 Å². The summed E-state index contributed by atoms with van der Waals surface area (Å²) in [5.74, 6) is 1.08. The minimum Gasteiger partial charge on any atom is -0.388 e. The van der Waals surface area contributed by atoms with Gasteiger partial charge in [-0.2, -0.15) is 0 Å². The fourth-order valence-electron chi connectivity index (χ4n) is 1.95. The number of rotatable bonds is 5. The van der Waals surface area contributed by atoms with Crippen molar-refractivity contribution in [2.24, 2.45) is 17.8 Å². The summed E-state index contributed by atoms with van der Waals surface area (Å²) >= 11 is 0. The Morgan fingerprint density at radius 2 is 1.69 bits per heavy atom. The number of hydrogen-bond donors (Lipinski definition) is 1. The standard InChI is InChI=1S/C15H22O/c1-5-14(12(4)11(2)3)15(16)13-9-7-6-8-10-13/h5-12,14-16H,1H2,2-4H3/t12?,14-,15-/m1/s1. The quantitative estimate of drug-likeness (QED) is 0.745. The SMILES string of the molecule is C=C[C@H](C(C)C(C)C)[C@H](O)c1ccccc1. The van der Waals surface area contributed by atoms with E-state index in [0.717, 1.165) is 5.56 Å². The maximum atomic E-state index is 10.3. The molecule has 3 atom stereocenters. The van der Waals surface area contributed by atoms with Crippen LogP contribution >= 0.6 is 0 Å².